The number of rotatable bonds is 6. The Balaban J connectivity index is 1.43. The van der Waals surface area contributed by atoms with E-state index in [9.17, 15) is 13.2 Å². The Morgan fingerprint density at radius 3 is 2.63 bits per heavy atom. The Morgan fingerprint density at radius 1 is 1.17 bits per heavy atom. The van der Waals surface area contributed by atoms with Gasteiger partial charge in [-0.25, -0.2) is 13.4 Å². The summed E-state index contributed by atoms with van der Waals surface area (Å²) < 4.78 is 32.7. The summed E-state index contributed by atoms with van der Waals surface area (Å²) in [5.74, 6) is -0.530. The number of aryl methyl sites for hydroxylation is 1. The summed E-state index contributed by atoms with van der Waals surface area (Å²) in [5, 5.41) is 2.71. The predicted molar refractivity (Wildman–Crippen MR) is 115 cm³/mol. The fourth-order valence-electron chi connectivity index (χ4n) is 3.44. The molecule has 0 saturated carbocycles. The number of sulfonamides is 1. The lowest BCUT2D eigenvalue weighted by molar-refractivity contribution is -0.148. The summed E-state index contributed by atoms with van der Waals surface area (Å²) in [7, 11) is -3.75. The molecule has 156 valence electrons. The van der Waals surface area contributed by atoms with Gasteiger partial charge in [-0.3, -0.25) is 4.79 Å². The smallest absolute Gasteiger partial charge is 0.324 e. The van der Waals surface area contributed by atoms with Crippen molar-refractivity contribution in [3.63, 3.8) is 0 Å². The molecule has 30 heavy (non-hydrogen) atoms. The van der Waals surface area contributed by atoms with Crippen molar-refractivity contribution in [1.29, 1.82) is 0 Å². The monoisotopic (exact) mass is 442 g/mol. The Labute approximate surface area is 180 Å². The first-order valence-electron chi connectivity index (χ1n) is 9.70. The lowest BCUT2D eigenvalue weighted by atomic mass is 10.2. The summed E-state index contributed by atoms with van der Waals surface area (Å²) in [6.07, 6.45) is 1.08. The van der Waals surface area contributed by atoms with Crippen LogP contribution in [0.15, 0.2) is 64.9 Å². The number of hydrogen-bond acceptors (Lipinski definition) is 6. The van der Waals surface area contributed by atoms with Crippen LogP contribution >= 0.6 is 11.3 Å². The predicted octanol–water partition coefficient (Wildman–Crippen LogP) is 4.02. The molecule has 1 fully saturated rings. The highest BCUT2D eigenvalue weighted by Crippen LogP contribution is 2.28. The molecule has 8 heteroatoms. The van der Waals surface area contributed by atoms with Gasteiger partial charge in [0.15, 0.2) is 0 Å². The van der Waals surface area contributed by atoms with Gasteiger partial charge in [0.1, 0.15) is 17.7 Å². The molecule has 1 saturated heterocycles. The van der Waals surface area contributed by atoms with Gasteiger partial charge in [0.2, 0.25) is 10.0 Å². The first-order valence-corrected chi connectivity index (χ1v) is 12.0. The molecule has 4 rings (SSSR count). The fourth-order valence-corrected chi connectivity index (χ4v) is 5.89. The van der Waals surface area contributed by atoms with Gasteiger partial charge in [0.25, 0.3) is 0 Å². The molecule has 6 nitrogen and oxygen atoms in total. The second-order valence-corrected chi connectivity index (χ2v) is 9.95. The van der Waals surface area contributed by atoms with Crippen LogP contribution in [0.4, 0.5) is 0 Å². The molecule has 0 spiro atoms. The quantitative estimate of drug-likeness (QED) is 0.539. The minimum absolute atomic E-state index is 0.0249. The minimum atomic E-state index is -3.75. The van der Waals surface area contributed by atoms with Gasteiger partial charge in [-0.2, -0.15) is 4.31 Å². The Kier molecular flexibility index (Phi) is 5.99. The van der Waals surface area contributed by atoms with E-state index in [1.807, 2.05) is 42.6 Å². The zero-order valence-electron chi connectivity index (χ0n) is 16.5. The molecule has 1 aliphatic heterocycles. The molecule has 0 amide bonds. The average molecular weight is 443 g/mol. The van der Waals surface area contributed by atoms with Crippen LogP contribution in [0.3, 0.4) is 0 Å². The molecule has 2 heterocycles. The summed E-state index contributed by atoms with van der Waals surface area (Å²) in [6, 6.07) is 15.6. The van der Waals surface area contributed by atoms with Crippen molar-refractivity contribution in [2.45, 2.75) is 37.3 Å². The zero-order chi connectivity index (χ0) is 21.1. The molecular formula is C22H22N2O4S2. The zero-order valence-corrected chi connectivity index (χ0v) is 18.2. The van der Waals surface area contributed by atoms with Gasteiger partial charge >= 0.3 is 5.97 Å². The molecule has 1 atom stereocenters. The fraction of sp³-hybridized carbons (Fsp3) is 0.273. The number of ether oxygens (including phenoxy) is 1. The minimum Gasteiger partial charge on any atom is -0.458 e. The van der Waals surface area contributed by atoms with Gasteiger partial charge in [-0.1, -0.05) is 48.0 Å². The van der Waals surface area contributed by atoms with Crippen molar-refractivity contribution in [2.24, 2.45) is 0 Å². The van der Waals surface area contributed by atoms with E-state index >= 15 is 0 Å². The second kappa shape index (κ2) is 8.67. The molecule has 0 aliphatic carbocycles. The van der Waals surface area contributed by atoms with Gasteiger partial charge in [-0.05, 0) is 31.9 Å². The third-order valence-electron chi connectivity index (χ3n) is 5.04. The highest BCUT2D eigenvalue weighted by molar-refractivity contribution is 7.89. The number of esters is 1. The standard InChI is InChI=1S/C22H22N2O4S2/c1-16-9-11-19(12-10-16)30(26,27)24-13-5-8-20(24)22(25)28-14-18-15-29-21(23-18)17-6-3-2-4-7-17/h2-4,6-7,9-12,15,20H,5,8,13-14H2,1H3/t20-/m0/s1. The van der Waals surface area contributed by atoms with Crippen LogP contribution in [0.25, 0.3) is 10.6 Å². The SMILES string of the molecule is Cc1ccc(S(=O)(=O)N2CCC[C@H]2C(=O)OCc2csc(-c3ccccc3)n2)cc1. The second-order valence-electron chi connectivity index (χ2n) is 7.20. The number of hydrogen-bond donors (Lipinski definition) is 0. The summed E-state index contributed by atoms with van der Waals surface area (Å²) in [6.45, 7) is 2.23. The van der Waals surface area contributed by atoms with Crippen LogP contribution in [0.2, 0.25) is 0 Å². The molecule has 0 radical (unpaired) electrons. The molecule has 0 unspecified atom stereocenters. The molecule has 1 aliphatic rings. The molecule has 0 N–H and O–H groups in total. The van der Waals surface area contributed by atoms with Crippen LogP contribution in [0.5, 0.6) is 0 Å². The van der Waals surface area contributed by atoms with E-state index < -0.39 is 22.0 Å². The Bertz CT molecular complexity index is 1130. The number of nitrogens with zero attached hydrogens (tertiary/aromatic N) is 2. The van der Waals surface area contributed by atoms with Crippen LogP contribution < -0.4 is 0 Å². The van der Waals surface area contributed by atoms with E-state index in [1.165, 1.54) is 15.6 Å². The highest BCUT2D eigenvalue weighted by atomic mass is 32.2. The molecule has 1 aromatic heterocycles. The first kappa shape index (κ1) is 20.7. The lowest BCUT2D eigenvalue weighted by Crippen LogP contribution is -2.41. The van der Waals surface area contributed by atoms with E-state index in [0.717, 1.165) is 16.1 Å². The van der Waals surface area contributed by atoms with E-state index in [0.29, 0.717) is 25.1 Å². The number of benzene rings is 2. The first-order chi connectivity index (χ1) is 14.4. The summed E-state index contributed by atoms with van der Waals surface area (Å²) >= 11 is 1.48. The molecule has 3 aromatic rings. The third kappa shape index (κ3) is 4.30. The maximum atomic E-state index is 13.0. The van der Waals surface area contributed by atoms with Gasteiger partial charge in [0.05, 0.1) is 10.6 Å². The van der Waals surface area contributed by atoms with E-state index in [4.69, 9.17) is 4.74 Å². The number of carbonyl (C=O) groups excluding carboxylic acids is 1. The molecular weight excluding hydrogens is 420 g/mol. The van der Waals surface area contributed by atoms with E-state index in [-0.39, 0.29) is 11.5 Å². The summed E-state index contributed by atoms with van der Waals surface area (Å²) in [4.78, 5) is 17.4. The maximum absolute atomic E-state index is 13.0. The molecule has 2 aromatic carbocycles. The van der Waals surface area contributed by atoms with Crippen LogP contribution in [-0.4, -0.2) is 36.3 Å². The highest BCUT2D eigenvalue weighted by Gasteiger charge is 2.40. The Hall–Kier alpha value is -2.55. The van der Waals surface area contributed by atoms with Crippen molar-refractivity contribution in [1.82, 2.24) is 9.29 Å². The van der Waals surface area contributed by atoms with Gasteiger partial charge < -0.3 is 4.74 Å². The van der Waals surface area contributed by atoms with E-state index in [1.54, 1.807) is 24.3 Å². The van der Waals surface area contributed by atoms with Gasteiger partial charge in [-0.15, -0.1) is 11.3 Å². The van der Waals surface area contributed by atoms with E-state index in [2.05, 4.69) is 4.98 Å². The number of thiazole rings is 1. The maximum Gasteiger partial charge on any atom is 0.324 e. The average Bonchev–Trinajstić information content (AvgIpc) is 3.43. The molecule has 0 bridgehead atoms. The summed E-state index contributed by atoms with van der Waals surface area (Å²) in [5.41, 5.74) is 2.63. The normalized spacial score (nSPS) is 17.2. The largest absolute Gasteiger partial charge is 0.458 e. The van der Waals surface area contributed by atoms with Crippen molar-refractivity contribution in [3.8, 4) is 10.6 Å². The van der Waals surface area contributed by atoms with Crippen LogP contribution in [0, 0.1) is 6.92 Å². The van der Waals surface area contributed by atoms with Gasteiger partial charge in [0, 0.05) is 17.5 Å². The topological polar surface area (TPSA) is 76.6 Å². The number of aromatic nitrogens is 1. The van der Waals surface area contributed by atoms with Crippen molar-refractivity contribution in [3.05, 3.63) is 71.2 Å². The number of carbonyl (C=O) groups is 1. The van der Waals surface area contributed by atoms with Crippen LogP contribution in [0.1, 0.15) is 24.1 Å². The Morgan fingerprint density at radius 2 is 1.90 bits per heavy atom. The lowest BCUT2D eigenvalue weighted by Gasteiger charge is -2.22. The van der Waals surface area contributed by atoms with Crippen molar-refractivity contribution in [2.75, 3.05) is 6.54 Å². The van der Waals surface area contributed by atoms with Crippen molar-refractivity contribution < 1.29 is 17.9 Å². The third-order valence-corrected chi connectivity index (χ3v) is 7.90. The van der Waals surface area contributed by atoms with Crippen molar-refractivity contribution >= 4 is 27.3 Å². The van der Waals surface area contributed by atoms with Crippen LogP contribution in [-0.2, 0) is 26.2 Å².